The number of nitrogens with zero attached hydrogens (tertiary/aromatic N) is 4. The molecule has 1 atom stereocenters. The molecule has 2 aromatic carbocycles. The smallest absolute Gasteiger partial charge is 0.147 e. The Bertz CT molecular complexity index is 888. The van der Waals surface area contributed by atoms with Gasteiger partial charge in [-0.2, -0.15) is 0 Å². The molecule has 4 rings (SSSR count). The average Bonchev–Trinajstić information content (AvgIpc) is 2.74. The van der Waals surface area contributed by atoms with E-state index >= 15 is 0 Å². The summed E-state index contributed by atoms with van der Waals surface area (Å²) in [7, 11) is 0. The van der Waals surface area contributed by atoms with E-state index in [0.29, 0.717) is 25.3 Å². The van der Waals surface area contributed by atoms with Crippen molar-refractivity contribution in [3.8, 4) is 0 Å². The second kappa shape index (κ2) is 7.72. The van der Waals surface area contributed by atoms with Crippen molar-refractivity contribution in [2.45, 2.75) is 12.6 Å². The van der Waals surface area contributed by atoms with Crippen molar-refractivity contribution in [2.75, 3.05) is 29.4 Å². The van der Waals surface area contributed by atoms with Crippen LogP contribution in [-0.4, -0.2) is 34.7 Å². The van der Waals surface area contributed by atoms with Gasteiger partial charge in [-0.1, -0.05) is 36.4 Å². The van der Waals surface area contributed by atoms with E-state index in [2.05, 4.69) is 19.8 Å². The summed E-state index contributed by atoms with van der Waals surface area (Å²) in [6.45, 7) is 2.05. The minimum absolute atomic E-state index is 0.00259. The summed E-state index contributed by atoms with van der Waals surface area (Å²) in [6.07, 6.45) is 5.10. The van der Waals surface area contributed by atoms with Crippen LogP contribution < -0.4 is 9.80 Å². The highest BCUT2D eigenvalue weighted by molar-refractivity contribution is 5.52. The molecule has 1 unspecified atom stereocenters. The summed E-state index contributed by atoms with van der Waals surface area (Å²) in [5, 5.41) is 9.31. The Labute approximate surface area is 157 Å². The molecule has 0 spiro atoms. The van der Waals surface area contributed by atoms with Crippen LogP contribution in [0.2, 0.25) is 0 Å². The highest BCUT2D eigenvalue weighted by atomic mass is 19.1. The van der Waals surface area contributed by atoms with E-state index in [1.807, 2.05) is 36.4 Å². The van der Waals surface area contributed by atoms with Crippen molar-refractivity contribution >= 4 is 11.5 Å². The molecule has 1 N–H and O–H groups in total. The highest BCUT2D eigenvalue weighted by Crippen LogP contribution is 2.32. The average molecular weight is 364 g/mol. The number of benzene rings is 2. The molecule has 0 aliphatic carbocycles. The standard InChI is InChI=1S/C21H21FN4O/c22-18-3-1-2-4-19(18)25-11-12-26(21-13-23-9-10-24-21)20(14-25)17-7-5-16(15-27)6-8-17/h1-10,13,20,27H,11-12,14-15H2. The van der Waals surface area contributed by atoms with Gasteiger partial charge in [-0.15, -0.1) is 0 Å². The third-order valence-electron chi connectivity index (χ3n) is 4.96. The van der Waals surface area contributed by atoms with Crippen molar-refractivity contribution in [3.05, 3.63) is 84.1 Å². The molecule has 0 saturated carbocycles. The molecule has 1 aliphatic rings. The minimum atomic E-state index is -0.208. The van der Waals surface area contributed by atoms with Crippen LogP contribution >= 0.6 is 0 Å². The van der Waals surface area contributed by atoms with Crippen LogP contribution in [0.3, 0.4) is 0 Å². The Hall–Kier alpha value is -2.99. The molecule has 0 radical (unpaired) electrons. The van der Waals surface area contributed by atoms with Crippen LogP contribution in [0, 0.1) is 5.82 Å². The summed E-state index contributed by atoms with van der Waals surface area (Å²) >= 11 is 0. The lowest BCUT2D eigenvalue weighted by Gasteiger charge is -2.43. The van der Waals surface area contributed by atoms with Gasteiger partial charge < -0.3 is 14.9 Å². The fourth-order valence-corrected chi connectivity index (χ4v) is 3.55. The topological polar surface area (TPSA) is 52.5 Å². The SMILES string of the molecule is OCc1ccc(C2CN(c3ccccc3F)CCN2c2cnccn2)cc1. The van der Waals surface area contributed by atoms with Crippen LogP contribution in [0.1, 0.15) is 17.2 Å². The van der Waals surface area contributed by atoms with Gasteiger partial charge in [0.05, 0.1) is 24.5 Å². The Morgan fingerprint density at radius 2 is 1.85 bits per heavy atom. The summed E-state index contributed by atoms with van der Waals surface area (Å²) < 4.78 is 14.3. The Morgan fingerprint density at radius 1 is 1.04 bits per heavy atom. The number of aromatic nitrogens is 2. The zero-order valence-corrected chi connectivity index (χ0v) is 14.9. The van der Waals surface area contributed by atoms with E-state index in [-0.39, 0.29) is 18.5 Å². The van der Waals surface area contributed by atoms with Crippen LogP contribution in [0.4, 0.5) is 15.9 Å². The number of hydrogen-bond acceptors (Lipinski definition) is 5. The maximum absolute atomic E-state index is 14.3. The first-order chi connectivity index (χ1) is 13.3. The lowest BCUT2D eigenvalue weighted by atomic mass is 10.00. The number of piperazine rings is 1. The number of aliphatic hydroxyl groups excluding tert-OH is 1. The maximum Gasteiger partial charge on any atom is 0.147 e. The number of aliphatic hydroxyl groups is 1. The number of para-hydroxylation sites is 1. The summed E-state index contributed by atoms with van der Waals surface area (Å²) in [6, 6.07) is 14.8. The third kappa shape index (κ3) is 3.61. The molecule has 0 amide bonds. The molecule has 1 aromatic heterocycles. The molecule has 138 valence electrons. The Morgan fingerprint density at radius 3 is 2.56 bits per heavy atom. The van der Waals surface area contributed by atoms with Crippen LogP contribution in [0.25, 0.3) is 0 Å². The van der Waals surface area contributed by atoms with E-state index in [9.17, 15) is 9.50 Å². The highest BCUT2D eigenvalue weighted by Gasteiger charge is 2.30. The van der Waals surface area contributed by atoms with Crippen molar-refractivity contribution in [1.82, 2.24) is 9.97 Å². The molecule has 6 heteroatoms. The fraction of sp³-hybridized carbons (Fsp3) is 0.238. The molecular formula is C21H21FN4O. The van der Waals surface area contributed by atoms with Crippen molar-refractivity contribution < 1.29 is 9.50 Å². The predicted octanol–water partition coefficient (Wildman–Crippen LogP) is 3.18. The first kappa shape index (κ1) is 17.4. The largest absolute Gasteiger partial charge is 0.392 e. The van der Waals surface area contributed by atoms with Gasteiger partial charge in [-0.05, 0) is 23.3 Å². The van der Waals surface area contributed by atoms with Crippen molar-refractivity contribution in [2.24, 2.45) is 0 Å². The molecule has 0 bridgehead atoms. The molecule has 1 saturated heterocycles. The van der Waals surface area contributed by atoms with Gasteiger partial charge in [0, 0.05) is 32.0 Å². The van der Waals surface area contributed by atoms with E-state index in [0.717, 1.165) is 16.9 Å². The third-order valence-corrected chi connectivity index (χ3v) is 4.96. The first-order valence-corrected chi connectivity index (χ1v) is 8.98. The van der Waals surface area contributed by atoms with E-state index < -0.39 is 0 Å². The van der Waals surface area contributed by atoms with Crippen LogP contribution in [0.15, 0.2) is 67.1 Å². The van der Waals surface area contributed by atoms with Gasteiger partial charge in [-0.25, -0.2) is 9.37 Å². The molecule has 1 fully saturated rings. The number of halogens is 1. The first-order valence-electron chi connectivity index (χ1n) is 8.98. The summed E-state index contributed by atoms with van der Waals surface area (Å²) in [4.78, 5) is 12.9. The quantitative estimate of drug-likeness (QED) is 0.771. The molecule has 27 heavy (non-hydrogen) atoms. The van der Waals surface area contributed by atoms with Gasteiger partial charge >= 0.3 is 0 Å². The molecule has 5 nitrogen and oxygen atoms in total. The van der Waals surface area contributed by atoms with Gasteiger partial charge in [0.1, 0.15) is 11.6 Å². The van der Waals surface area contributed by atoms with E-state index in [1.54, 1.807) is 24.7 Å². The zero-order valence-electron chi connectivity index (χ0n) is 14.9. The zero-order chi connectivity index (χ0) is 18.6. The molecule has 1 aliphatic heterocycles. The second-order valence-corrected chi connectivity index (χ2v) is 6.57. The van der Waals surface area contributed by atoms with Crippen molar-refractivity contribution in [1.29, 1.82) is 0 Å². The van der Waals surface area contributed by atoms with Gasteiger partial charge in [0.25, 0.3) is 0 Å². The number of rotatable bonds is 4. The maximum atomic E-state index is 14.3. The second-order valence-electron chi connectivity index (χ2n) is 6.57. The van der Waals surface area contributed by atoms with Crippen LogP contribution in [0.5, 0.6) is 0 Å². The molecular weight excluding hydrogens is 343 g/mol. The molecule has 3 aromatic rings. The Balaban J connectivity index is 1.68. The van der Waals surface area contributed by atoms with E-state index in [4.69, 9.17) is 0 Å². The monoisotopic (exact) mass is 364 g/mol. The molecule has 2 heterocycles. The fourth-order valence-electron chi connectivity index (χ4n) is 3.55. The number of anilines is 2. The van der Waals surface area contributed by atoms with Gasteiger partial charge in [-0.3, -0.25) is 4.98 Å². The van der Waals surface area contributed by atoms with E-state index in [1.165, 1.54) is 6.07 Å². The minimum Gasteiger partial charge on any atom is -0.392 e. The Kier molecular flexibility index (Phi) is 4.98. The van der Waals surface area contributed by atoms with Gasteiger partial charge in [0.15, 0.2) is 0 Å². The summed E-state index contributed by atoms with van der Waals surface area (Å²) in [5.74, 6) is 0.599. The van der Waals surface area contributed by atoms with Crippen LogP contribution in [-0.2, 0) is 6.61 Å². The lowest BCUT2D eigenvalue weighted by Crippen LogP contribution is -2.49. The normalized spacial score (nSPS) is 17.2. The lowest BCUT2D eigenvalue weighted by molar-refractivity contribution is 0.282. The number of hydrogen-bond donors (Lipinski definition) is 1. The van der Waals surface area contributed by atoms with Gasteiger partial charge in [0.2, 0.25) is 0 Å². The summed E-state index contributed by atoms with van der Waals surface area (Å²) in [5.41, 5.74) is 2.58. The predicted molar refractivity (Wildman–Crippen MR) is 103 cm³/mol. The van der Waals surface area contributed by atoms with Crippen molar-refractivity contribution in [3.63, 3.8) is 0 Å².